The Morgan fingerprint density at radius 2 is 1.90 bits per heavy atom. The number of fused-ring (bicyclic) bond motifs is 2. The minimum atomic E-state index is -0.450. The molecule has 1 amide bonds. The molecule has 0 aliphatic heterocycles. The first kappa shape index (κ1) is 24.5. The summed E-state index contributed by atoms with van der Waals surface area (Å²) in [5, 5.41) is 10.6. The Bertz CT molecular complexity index is 1890. The van der Waals surface area contributed by atoms with E-state index in [1.54, 1.807) is 42.9 Å². The molecule has 0 atom stereocenters. The van der Waals surface area contributed by atoms with Crippen molar-refractivity contribution in [1.29, 1.82) is 0 Å². The van der Waals surface area contributed by atoms with E-state index in [4.69, 9.17) is 0 Å². The summed E-state index contributed by atoms with van der Waals surface area (Å²) in [6.07, 6.45) is 9.82. The Morgan fingerprint density at radius 1 is 1.02 bits per heavy atom. The molecule has 3 N–H and O–H groups in total. The monoisotopic (exact) mass is 555 g/mol. The van der Waals surface area contributed by atoms with Gasteiger partial charge in [-0.3, -0.25) is 14.9 Å². The van der Waals surface area contributed by atoms with Gasteiger partial charge in [-0.2, -0.15) is 9.49 Å². The molecule has 0 saturated heterocycles. The van der Waals surface area contributed by atoms with Gasteiger partial charge >= 0.3 is 0 Å². The largest absolute Gasteiger partial charge is 0.335 e. The number of hydrogen-bond donors (Lipinski definition) is 3. The first-order valence-electron chi connectivity index (χ1n) is 13.1. The van der Waals surface area contributed by atoms with Crippen molar-refractivity contribution >= 4 is 45.0 Å². The van der Waals surface area contributed by atoms with Gasteiger partial charge in [0.1, 0.15) is 11.5 Å². The average molecular weight is 556 g/mol. The van der Waals surface area contributed by atoms with Crippen molar-refractivity contribution in [3.63, 3.8) is 0 Å². The molecule has 8 nitrogen and oxygen atoms in total. The smallest absolute Gasteiger partial charge is 0.227 e. The molecule has 1 fully saturated rings. The number of hydrogen-bond acceptors (Lipinski definition) is 6. The van der Waals surface area contributed by atoms with Gasteiger partial charge in [0.25, 0.3) is 0 Å². The summed E-state index contributed by atoms with van der Waals surface area (Å²) in [4.78, 5) is 30.0. The number of carbonyl (C=O) groups is 1. The number of imidazole rings is 1. The van der Waals surface area contributed by atoms with E-state index >= 15 is 4.39 Å². The molecule has 0 unspecified atom stereocenters. The van der Waals surface area contributed by atoms with Crippen molar-refractivity contribution in [2.45, 2.75) is 32.1 Å². The molecule has 1 aliphatic rings. The summed E-state index contributed by atoms with van der Waals surface area (Å²) in [5.41, 5.74) is 4.27. The highest BCUT2D eigenvalue weighted by Gasteiger charge is 2.22. The Labute approximate surface area is 230 Å². The maximum Gasteiger partial charge on any atom is 0.227 e. The third-order valence-electron chi connectivity index (χ3n) is 7.40. The van der Waals surface area contributed by atoms with E-state index in [-0.39, 0.29) is 17.0 Å². The lowest BCUT2D eigenvalue weighted by atomic mass is 9.88. The van der Waals surface area contributed by atoms with Crippen LogP contribution in [0.3, 0.4) is 0 Å². The van der Waals surface area contributed by atoms with Crippen LogP contribution in [0, 0.1) is 16.9 Å². The topological polar surface area (TPSA) is 112 Å². The number of nitrogens with zero attached hydrogens (tertiary/aromatic N) is 4. The SMILES string of the molecule is O=C(Nc1cncc(-c2cc3c(-c4nc5nccc(-c6ccc(F)s6)c5[nH]4)n[nH]c3cc2F)c1)C1CCCCC1. The van der Waals surface area contributed by atoms with Crippen LogP contribution in [0.1, 0.15) is 32.1 Å². The van der Waals surface area contributed by atoms with Crippen LogP contribution in [0.15, 0.2) is 55.0 Å². The second-order valence-electron chi connectivity index (χ2n) is 9.98. The third kappa shape index (κ3) is 4.41. The predicted molar refractivity (Wildman–Crippen MR) is 151 cm³/mol. The summed E-state index contributed by atoms with van der Waals surface area (Å²) in [5.74, 6) is -0.0255. The average Bonchev–Trinajstić information content (AvgIpc) is 3.70. The van der Waals surface area contributed by atoms with Gasteiger partial charge in [0, 0.05) is 51.3 Å². The number of thiophene rings is 1. The van der Waals surface area contributed by atoms with Crippen LogP contribution in [0.25, 0.3) is 55.2 Å². The number of halogens is 2. The van der Waals surface area contributed by atoms with E-state index in [2.05, 4.69) is 35.5 Å². The van der Waals surface area contributed by atoms with Crippen LogP contribution in [-0.2, 0) is 4.79 Å². The lowest BCUT2D eigenvalue weighted by molar-refractivity contribution is -0.120. The third-order valence-corrected chi connectivity index (χ3v) is 8.31. The minimum Gasteiger partial charge on any atom is -0.335 e. The van der Waals surface area contributed by atoms with Crippen LogP contribution in [0.2, 0.25) is 0 Å². The Balaban J connectivity index is 1.25. The molecule has 200 valence electrons. The number of H-pyrrole nitrogens is 2. The summed E-state index contributed by atoms with van der Waals surface area (Å²) < 4.78 is 29.0. The highest BCUT2D eigenvalue weighted by Crippen LogP contribution is 2.36. The van der Waals surface area contributed by atoms with Gasteiger partial charge in [0.2, 0.25) is 5.91 Å². The van der Waals surface area contributed by atoms with E-state index in [1.807, 2.05) is 0 Å². The Hall–Kier alpha value is -4.51. The normalized spacial score (nSPS) is 14.2. The molecule has 1 aliphatic carbocycles. The number of benzene rings is 1. The molecule has 0 spiro atoms. The van der Waals surface area contributed by atoms with Gasteiger partial charge in [-0.25, -0.2) is 14.4 Å². The van der Waals surface area contributed by atoms with Gasteiger partial charge in [-0.15, -0.1) is 11.3 Å². The number of aromatic amines is 2. The van der Waals surface area contributed by atoms with Crippen molar-refractivity contribution in [1.82, 2.24) is 30.1 Å². The molecule has 0 radical (unpaired) electrons. The van der Waals surface area contributed by atoms with E-state index in [9.17, 15) is 9.18 Å². The number of rotatable bonds is 5. The van der Waals surface area contributed by atoms with Crippen LogP contribution in [-0.4, -0.2) is 36.0 Å². The number of aromatic nitrogens is 6. The maximum atomic E-state index is 15.3. The highest BCUT2D eigenvalue weighted by atomic mass is 32.1. The standard InChI is InChI=1S/C29H23F2N7OS/c30-21-12-22-20(11-19(21)16-10-17(14-32-13-16)34-29(39)15-4-2-1-3-5-15)26(38-37-22)28-35-25-18(8-9-33-27(25)36-28)23-6-7-24(31)40-23/h6-15H,1-5H2,(H,34,39)(H,37,38)(H,33,35,36). The van der Waals surface area contributed by atoms with Crippen molar-refractivity contribution in [2.75, 3.05) is 5.32 Å². The Kier molecular flexibility index (Phi) is 6.07. The zero-order valence-corrected chi connectivity index (χ0v) is 22.0. The number of nitrogens with one attached hydrogen (secondary N) is 3. The van der Waals surface area contributed by atoms with Gasteiger partial charge in [-0.05, 0) is 43.2 Å². The van der Waals surface area contributed by atoms with Gasteiger partial charge in [-0.1, -0.05) is 19.3 Å². The number of amides is 1. The second kappa shape index (κ2) is 9.91. The lowest BCUT2D eigenvalue weighted by Crippen LogP contribution is -2.24. The van der Waals surface area contributed by atoms with Crippen molar-refractivity contribution in [2.24, 2.45) is 5.92 Å². The molecule has 6 aromatic rings. The van der Waals surface area contributed by atoms with Crippen LogP contribution < -0.4 is 5.32 Å². The van der Waals surface area contributed by atoms with Crippen molar-refractivity contribution in [3.8, 4) is 33.1 Å². The van der Waals surface area contributed by atoms with E-state index < -0.39 is 5.82 Å². The molecule has 40 heavy (non-hydrogen) atoms. The molecule has 5 aromatic heterocycles. The zero-order valence-electron chi connectivity index (χ0n) is 21.2. The van der Waals surface area contributed by atoms with E-state index in [1.165, 1.54) is 18.6 Å². The first-order valence-corrected chi connectivity index (χ1v) is 13.9. The van der Waals surface area contributed by atoms with Crippen molar-refractivity contribution < 1.29 is 13.6 Å². The highest BCUT2D eigenvalue weighted by molar-refractivity contribution is 7.14. The summed E-state index contributed by atoms with van der Waals surface area (Å²) >= 11 is 1.04. The van der Waals surface area contributed by atoms with Crippen LogP contribution >= 0.6 is 11.3 Å². The number of anilines is 1. The molecule has 7 rings (SSSR count). The number of carbonyl (C=O) groups excluding carboxylic acids is 1. The quantitative estimate of drug-likeness (QED) is 0.210. The Morgan fingerprint density at radius 3 is 2.73 bits per heavy atom. The second-order valence-corrected chi connectivity index (χ2v) is 11.0. The van der Waals surface area contributed by atoms with E-state index in [0.717, 1.165) is 47.5 Å². The van der Waals surface area contributed by atoms with Gasteiger partial charge in [0.05, 0.1) is 22.9 Å². The van der Waals surface area contributed by atoms with E-state index in [0.29, 0.717) is 50.4 Å². The first-order chi connectivity index (χ1) is 19.5. The molecule has 5 heterocycles. The molecule has 1 aromatic carbocycles. The molecule has 11 heteroatoms. The maximum absolute atomic E-state index is 15.3. The predicted octanol–water partition coefficient (Wildman–Crippen LogP) is 7.09. The van der Waals surface area contributed by atoms with Gasteiger partial charge < -0.3 is 10.3 Å². The lowest BCUT2D eigenvalue weighted by Gasteiger charge is -2.20. The fraction of sp³-hybridized carbons (Fsp3) is 0.207. The molecular weight excluding hydrogens is 532 g/mol. The molecular formula is C29H23F2N7OS. The number of pyridine rings is 2. The summed E-state index contributed by atoms with van der Waals surface area (Å²) in [6, 6.07) is 9.76. The summed E-state index contributed by atoms with van der Waals surface area (Å²) in [6.45, 7) is 0. The zero-order chi connectivity index (χ0) is 27.2. The fourth-order valence-electron chi connectivity index (χ4n) is 5.39. The summed E-state index contributed by atoms with van der Waals surface area (Å²) in [7, 11) is 0. The molecule has 0 bridgehead atoms. The molecule has 1 saturated carbocycles. The van der Waals surface area contributed by atoms with Crippen molar-refractivity contribution in [3.05, 3.63) is 65.9 Å². The minimum absolute atomic E-state index is 0.00312. The van der Waals surface area contributed by atoms with Crippen LogP contribution in [0.5, 0.6) is 0 Å². The van der Waals surface area contributed by atoms with Gasteiger partial charge in [0.15, 0.2) is 16.6 Å². The van der Waals surface area contributed by atoms with Crippen LogP contribution in [0.4, 0.5) is 14.5 Å². The fourth-order valence-corrected chi connectivity index (χ4v) is 6.15.